The summed E-state index contributed by atoms with van der Waals surface area (Å²) in [5.74, 6) is 0.696. The predicted octanol–water partition coefficient (Wildman–Crippen LogP) is 3.90. The maximum Gasteiger partial charge on any atom is 0.164 e. The van der Waals surface area contributed by atoms with E-state index < -0.39 is 0 Å². The van der Waals surface area contributed by atoms with Crippen LogP contribution in [0.4, 0.5) is 4.39 Å². The Bertz CT molecular complexity index is 757. The summed E-state index contributed by atoms with van der Waals surface area (Å²) in [6.07, 6.45) is 1.70. The number of pyridine rings is 1. The van der Waals surface area contributed by atoms with Crippen LogP contribution in [-0.2, 0) is 5.88 Å². The zero-order chi connectivity index (χ0) is 13.4. The van der Waals surface area contributed by atoms with E-state index in [0.29, 0.717) is 5.82 Å². The van der Waals surface area contributed by atoms with E-state index in [0.717, 1.165) is 20.4 Å². The standard InChI is InChI=1S/C13H8ClFIN3/c14-7-12-18-10-2-1-5-17-13(10)19(12)11-4-3-8(15)6-9(11)16/h1-6H,7H2. The molecule has 0 aliphatic heterocycles. The van der Waals surface area contributed by atoms with Crippen LogP contribution in [0.3, 0.4) is 0 Å². The van der Waals surface area contributed by atoms with Crippen LogP contribution >= 0.6 is 34.2 Å². The van der Waals surface area contributed by atoms with E-state index in [4.69, 9.17) is 11.6 Å². The van der Waals surface area contributed by atoms with Crippen LogP contribution in [0, 0.1) is 9.39 Å². The van der Waals surface area contributed by atoms with Gasteiger partial charge in [0, 0.05) is 9.77 Å². The summed E-state index contributed by atoms with van der Waals surface area (Å²) in [5, 5.41) is 0. The van der Waals surface area contributed by atoms with Crippen LogP contribution in [0.1, 0.15) is 5.82 Å². The van der Waals surface area contributed by atoms with Crippen LogP contribution in [-0.4, -0.2) is 14.5 Å². The molecular formula is C13H8ClFIN3. The zero-order valence-electron chi connectivity index (χ0n) is 9.65. The fourth-order valence-electron chi connectivity index (χ4n) is 1.96. The Morgan fingerprint density at radius 3 is 2.89 bits per heavy atom. The minimum Gasteiger partial charge on any atom is -0.279 e. The van der Waals surface area contributed by atoms with Crippen molar-refractivity contribution in [2.75, 3.05) is 0 Å². The van der Waals surface area contributed by atoms with Crippen LogP contribution < -0.4 is 0 Å². The van der Waals surface area contributed by atoms with Gasteiger partial charge in [-0.3, -0.25) is 4.57 Å². The Hall–Kier alpha value is -1.21. The third kappa shape index (κ3) is 2.21. The number of nitrogens with zero attached hydrogens (tertiary/aromatic N) is 3. The Morgan fingerprint density at radius 1 is 1.32 bits per heavy atom. The van der Waals surface area contributed by atoms with Crippen molar-refractivity contribution in [1.82, 2.24) is 14.5 Å². The third-order valence-electron chi connectivity index (χ3n) is 2.76. The highest BCUT2D eigenvalue weighted by Gasteiger charge is 2.14. The minimum atomic E-state index is -0.266. The number of hydrogen-bond acceptors (Lipinski definition) is 2. The molecule has 0 atom stereocenters. The summed E-state index contributed by atoms with van der Waals surface area (Å²) in [6, 6.07) is 8.31. The highest BCUT2D eigenvalue weighted by molar-refractivity contribution is 14.1. The first-order valence-corrected chi connectivity index (χ1v) is 7.16. The summed E-state index contributed by atoms with van der Waals surface area (Å²) in [5.41, 5.74) is 2.33. The highest BCUT2D eigenvalue weighted by Crippen LogP contribution is 2.25. The number of benzene rings is 1. The maximum absolute atomic E-state index is 13.2. The van der Waals surface area contributed by atoms with Gasteiger partial charge in [-0.15, -0.1) is 11.6 Å². The molecule has 0 N–H and O–H groups in total. The number of rotatable bonds is 2. The van der Waals surface area contributed by atoms with E-state index >= 15 is 0 Å². The first-order chi connectivity index (χ1) is 9.20. The van der Waals surface area contributed by atoms with Crippen molar-refractivity contribution in [2.45, 2.75) is 5.88 Å². The lowest BCUT2D eigenvalue weighted by atomic mass is 10.3. The molecule has 3 nitrogen and oxygen atoms in total. The van der Waals surface area contributed by atoms with E-state index in [-0.39, 0.29) is 11.7 Å². The van der Waals surface area contributed by atoms with Crippen molar-refractivity contribution in [3.05, 3.63) is 51.7 Å². The first kappa shape index (κ1) is 12.8. The highest BCUT2D eigenvalue weighted by atomic mass is 127. The molecule has 2 aromatic heterocycles. The third-order valence-corrected chi connectivity index (χ3v) is 3.86. The lowest BCUT2D eigenvalue weighted by Crippen LogP contribution is -2.02. The topological polar surface area (TPSA) is 30.7 Å². The van der Waals surface area contributed by atoms with Gasteiger partial charge < -0.3 is 0 Å². The fourth-order valence-corrected chi connectivity index (χ4v) is 2.86. The van der Waals surface area contributed by atoms with Crippen LogP contribution in [0.5, 0.6) is 0 Å². The second-order valence-electron chi connectivity index (χ2n) is 3.94. The number of fused-ring (bicyclic) bond motifs is 1. The fraction of sp³-hybridized carbons (Fsp3) is 0.0769. The predicted molar refractivity (Wildman–Crippen MR) is 81.1 cm³/mol. The van der Waals surface area contributed by atoms with E-state index in [2.05, 4.69) is 32.6 Å². The van der Waals surface area contributed by atoms with Gasteiger partial charge in [0.25, 0.3) is 0 Å². The molecule has 19 heavy (non-hydrogen) atoms. The van der Waals surface area contributed by atoms with Crippen molar-refractivity contribution in [2.24, 2.45) is 0 Å². The Labute approximate surface area is 127 Å². The molecule has 0 bridgehead atoms. The molecular weight excluding hydrogens is 380 g/mol. The average Bonchev–Trinajstić information content (AvgIpc) is 2.77. The van der Waals surface area contributed by atoms with Gasteiger partial charge in [0.2, 0.25) is 0 Å². The molecule has 0 radical (unpaired) electrons. The second kappa shape index (κ2) is 5.05. The van der Waals surface area contributed by atoms with Gasteiger partial charge in [0.15, 0.2) is 5.65 Å². The minimum absolute atomic E-state index is 0.266. The maximum atomic E-state index is 13.2. The van der Waals surface area contributed by atoms with Gasteiger partial charge in [0.05, 0.1) is 11.6 Å². The SMILES string of the molecule is Fc1ccc(-n2c(CCl)nc3cccnc32)c(I)c1. The number of hydrogen-bond donors (Lipinski definition) is 0. The summed E-state index contributed by atoms with van der Waals surface area (Å²) >= 11 is 8.04. The number of imidazole rings is 1. The molecule has 3 rings (SSSR count). The molecule has 0 aliphatic carbocycles. The Balaban J connectivity index is 2.34. The molecule has 3 aromatic rings. The quantitative estimate of drug-likeness (QED) is 0.493. The Kier molecular flexibility index (Phi) is 3.40. The molecule has 0 fully saturated rings. The molecule has 96 valence electrons. The van der Waals surface area contributed by atoms with Crippen molar-refractivity contribution in [3.8, 4) is 5.69 Å². The molecule has 0 spiro atoms. The van der Waals surface area contributed by atoms with Crippen LogP contribution in [0.25, 0.3) is 16.9 Å². The van der Waals surface area contributed by atoms with Gasteiger partial charge in [-0.25, -0.2) is 14.4 Å². The molecule has 0 unspecified atom stereocenters. The van der Waals surface area contributed by atoms with E-state index in [1.54, 1.807) is 12.3 Å². The summed E-state index contributed by atoms with van der Waals surface area (Å²) in [7, 11) is 0. The van der Waals surface area contributed by atoms with E-state index in [1.165, 1.54) is 12.1 Å². The van der Waals surface area contributed by atoms with Crippen molar-refractivity contribution in [3.63, 3.8) is 0 Å². The smallest absolute Gasteiger partial charge is 0.164 e. The number of alkyl halides is 1. The lowest BCUT2D eigenvalue weighted by Gasteiger charge is -2.09. The van der Waals surface area contributed by atoms with E-state index in [9.17, 15) is 4.39 Å². The summed E-state index contributed by atoms with van der Waals surface area (Å²) in [4.78, 5) is 8.78. The number of halogens is 3. The van der Waals surface area contributed by atoms with Gasteiger partial charge in [0.1, 0.15) is 17.2 Å². The second-order valence-corrected chi connectivity index (χ2v) is 5.37. The van der Waals surface area contributed by atoms with Crippen LogP contribution in [0.15, 0.2) is 36.5 Å². The molecule has 0 saturated carbocycles. The van der Waals surface area contributed by atoms with E-state index in [1.807, 2.05) is 16.7 Å². The zero-order valence-corrected chi connectivity index (χ0v) is 12.6. The van der Waals surface area contributed by atoms with Gasteiger partial charge in [-0.05, 0) is 52.9 Å². The lowest BCUT2D eigenvalue weighted by molar-refractivity contribution is 0.626. The molecule has 0 aliphatic rings. The van der Waals surface area contributed by atoms with Crippen molar-refractivity contribution < 1.29 is 4.39 Å². The normalized spacial score (nSPS) is 11.1. The average molecular weight is 388 g/mol. The molecule has 0 amide bonds. The summed E-state index contributed by atoms with van der Waals surface area (Å²) in [6.45, 7) is 0. The molecule has 2 heterocycles. The summed E-state index contributed by atoms with van der Waals surface area (Å²) < 4.78 is 15.9. The largest absolute Gasteiger partial charge is 0.279 e. The van der Waals surface area contributed by atoms with Crippen molar-refractivity contribution >= 4 is 45.4 Å². The van der Waals surface area contributed by atoms with Gasteiger partial charge >= 0.3 is 0 Å². The Morgan fingerprint density at radius 2 is 2.16 bits per heavy atom. The van der Waals surface area contributed by atoms with Crippen molar-refractivity contribution in [1.29, 1.82) is 0 Å². The van der Waals surface area contributed by atoms with Gasteiger partial charge in [-0.2, -0.15) is 0 Å². The van der Waals surface area contributed by atoms with Gasteiger partial charge in [-0.1, -0.05) is 0 Å². The first-order valence-electron chi connectivity index (χ1n) is 5.54. The monoisotopic (exact) mass is 387 g/mol. The number of aromatic nitrogens is 3. The molecule has 6 heteroatoms. The van der Waals surface area contributed by atoms with Crippen LogP contribution in [0.2, 0.25) is 0 Å². The molecule has 1 aromatic carbocycles. The molecule has 0 saturated heterocycles.